The molecule has 1 aromatic rings. The van der Waals surface area contributed by atoms with E-state index >= 15 is 0 Å². The lowest BCUT2D eigenvalue weighted by atomic mass is 9.72. The first kappa shape index (κ1) is 14.3. The number of hydrogen-bond acceptors (Lipinski definition) is 2. The number of rotatable bonds is 1. The van der Waals surface area contributed by atoms with Crippen LogP contribution >= 0.6 is 0 Å². The van der Waals surface area contributed by atoms with Gasteiger partial charge in [-0.2, -0.15) is 13.2 Å². The van der Waals surface area contributed by atoms with Gasteiger partial charge >= 0.3 is 6.18 Å². The molecule has 0 aromatic heterocycles. The van der Waals surface area contributed by atoms with Crippen molar-refractivity contribution >= 4 is 0 Å². The van der Waals surface area contributed by atoms with Crippen LogP contribution in [-0.4, -0.2) is 11.6 Å². The highest BCUT2D eigenvalue weighted by Crippen LogP contribution is 2.38. The van der Waals surface area contributed by atoms with Gasteiger partial charge in [-0.1, -0.05) is 18.2 Å². The summed E-state index contributed by atoms with van der Waals surface area (Å²) in [4.78, 5) is 0. The fourth-order valence-corrected chi connectivity index (χ4v) is 2.64. The molecule has 1 fully saturated rings. The maximum Gasteiger partial charge on any atom is 0.416 e. The normalized spacial score (nSPS) is 32.3. The van der Waals surface area contributed by atoms with Crippen molar-refractivity contribution in [1.82, 2.24) is 0 Å². The van der Waals surface area contributed by atoms with Gasteiger partial charge in [-0.3, -0.25) is 0 Å². The maximum atomic E-state index is 12.7. The number of alkyl halides is 3. The van der Waals surface area contributed by atoms with Gasteiger partial charge in [-0.05, 0) is 43.7 Å². The second-order valence-corrected chi connectivity index (χ2v) is 5.71. The second kappa shape index (κ2) is 4.80. The molecule has 5 heteroatoms. The molecule has 4 N–H and O–H groups in total. The highest BCUT2D eigenvalue weighted by atomic mass is 19.4. The van der Waals surface area contributed by atoms with Gasteiger partial charge in [0.2, 0.25) is 0 Å². The third-order valence-corrected chi connectivity index (χ3v) is 4.10. The Labute approximate surface area is 111 Å². The van der Waals surface area contributed by atoms with Crippen LogP contribution in [0.15, 0.2) is 24.3 Å². The van der Waals surface area contributed by atoms with Crippen molar-refractivity contribution in [2.45, 2.75) is 49.9 Å². The molecule has 1 aliphatic rings. The van der Waals surface area contributed by atoms with Crippen LogP contribution in [0.1, 0.15) is 43.2 Å². The summed E-state index contributed by atoms with van der Waals surface area (Å²) in [5.41, 5.74) is 11.8. The SMILES string of the molecule is CC1(N)CCC(c2cccc(C(F)(F)F)c2)CC1N. The summed E-state index contributed by atoms with van der Waals surface area (Å²) in [5.74, 6) is 0.0638. The highest BCUT2D eigenvalue weighted by Gasteiger charge is 2.36. The largest absolute Gasteiger partial charge is 0.416 e. The van der Waals surface area contributed by atoms with Gasteiger partial charge in [-0.25, -0.2) is 0 Å². The smallest absolute Gasteiger partial charge is 0.326 e. The van der Waals surface area contributed by atoms with Crippen LogP contribution in [0.2, 0.25) is 0 Å². The van der Waals surface area contributed by atoms with Gasteiger partial charge in [0.25, 0.3) is 0 Å². The van der Waals surface area contributed by atoms with Gasteiger partial charge < -0.3 is 11.5 Å². The first-order valence-corrected chi connectivity index (χ1v) is 6.42. The molecule has 0 spiro atoms. The van der Waals surface area contributed by atoms with Crippen LogP contribution in [0, 0.1) is 0 Å². The first-order valence-electron chi connectivity index (χ1n) is 6.42. The minimum Gasteiger partial charge on any atom is -0.326 e. The van der Waals surface area contributed by atoms with E-state index in [1.54, 1.807) is 6.07 Å². The third-order valence-electron chi connectivity index (χ3n) is 4.10. The predicted octanol–water partition coefficient (Wildman–Crippen LogP) is 3.02. The average molecular weight is 272 g/mol. The van der Waals surface area contributed by atoms with Gasteiger partial charge in [0.1, 0.15) is 0 Å². The van der Waals surface area contributed by atoms with Gasteiger partial charge in [0.05, 0.1) is 5.56 Å². The third kappa shape index (κ3) is 3.09. The van der Waals surface area contributed by atoms with E-state index in [0.717, 1.165) is 18.9 Å². The van der Waals surface area contributed by atoms with Crippen molar-refractivity contribution in [2.24, 2.45) is 11.5 Å². The minimum atomic E-state index is -4.30. The monoisotopic (exact) mass is 272 g/mol. The topological polar surface area (TPSA) is 52.0 Å². The quantitative estimate of drug-likeness (QED) is 0.825. The summed E-state index contributed by atoms with van der Waals surface area (Å²) < 4.78 is 38.1. The van der Waals surface area contributed by atoms with Crippen LogP contribution in [-0.2, 0) is 6.18 Å². The number of benzene rings is 1. The van der Waals surface area contributed by atoms with Crippen LogP contribution < -0.4 is 11.5 Å². The second-order valence-electron chi connectivity index (χ2n) is 5.71. The molecule has 1 aliphatic carbocycles. The Kier molecular flexibility index (Phi) is 3.62. The van der Waals surface area contributed by atoms with E-state index in [4.69, 9.17) is 11.5 Å². The standard InChI is InChI=1S/C14H19F3N2/c1-13(19)6-5-10(8-12(13)18)9-3-2-4-11(7-9)14(15,16)17/h2-4,7,10,12H,5-6,8,18-19H2,1H3. The zero-order chi connectivity index (χ0) is 14.3. The first-order chi connectivity index (χ1) is 8.70. The Morgan fingerprint density at radius 3 is 2.58 bits per heavy atom. The molecule has 0 heterocycles. The van der Waals surface area contributed by atoms with Crippen molar-refractivity contribution in [3.05, 3.63) is 35.4 Å². The number of halogens is 3. The van der Waals surface area contributed by atoms with Crippen LogP contribution in [0.5, 0.6) is 0 Å². The molecule has 0 amide bonds. The summed E-state index contributed by atoms with van der Waals surface area (Å²) in [5, 5.41) is 0. The van der Waals surface area contributed by atoms with Crippen LogP contribution in [0.25, 0.3) is 0 Å². The molecule has 0 saturated heterocycles. The zero-order valence-electron chi connectivity index (χ0n) is 10.9. The van der Waals surface area contributed by atoms with E-state index in [9.17, 15) is 13.2 Å². The molecule has 1 saturated carbocycles. The Hall–Kier alpha value is -1.07. The Bertz CT molecular complexity index is 454. The van der Waals surface area contributed by atoms with Gasteiger partial charge in [-0.15, -0.1) is 0 Å². The lowest BCUT2D eigenvalue weighted by Gasteiger charge is -2.40. The van der Waals surface area contributed by atoms with E-state index in [1.165, 1.54) is 12.1 Å². The van der Waals surface area contributed by atoms with E-state index in [0.29, 0.717) is 12.0 Å². The Morgan fingerprint density at radius 1 is 1.32 bits per heavy atom. The fraction of sp³-hybridized carbons (Fsp3) is 0.571. The molecule has 1 aromatic carbocycles. The lowest BCUT2D eigenvalue weighted by Crippen LogP contribution is -2.55. The van der Waals surface area contributed by atoms with Crippen molar-refractivity contribution in [2.75, 3.05) is 0 Å². The van der Waals surface area contributed by atoms with Crippen molar-refractivity contribution in [1.29, 1.82) is 0 Å². The molecular formula is C14H19F3N2. The number of nitrogens with two attached hydrogens (primary N) is 2. The van der Waals surface area contributed by atoms with Gasteiger partial charge in [0, 0.05) is 11.6 Å². The van der Waals surface area contributed by atoms with E-state index in [2.05, 4.69) is 0 Å². The molecule has 106 valence electrons. The fourth-order valence-electron chi connectivity index (χ4n) is 2.64. The number of hydrogen-bond donors (Lipinski definition) is 2. The van der Waals surface area contributed by atoms with Crippen molar-refractivity contribution in [3.8, 4) is 0 Å². The summed E-state index contributed by atoms with van der Waals surface area (Å²) in [6, 6.07) is 5.35. The molecule has 0 aliphatic heterocycles. The highest BCUT2D eigenvalue weighted by molar-refractivity contribution is 5.29. The van der Waals surface area contributed by atoms with Crippen LogP contribution in [0.4, 0.5) is 13.2 Å². The minimum absolute atomic E-state index is 0.0638. The average Bonchev–Trinajstić information content (AvgIpc) is 2.32. The molecular weight excluding hydrogens is 253 g/mol. The van der Waals surface area contributed by atoms with E-state index in [1.807, 2.05) is 6.92 Å². The summed E-state index contributed by atoms with van der Waals surface area (Å²) in [6.07, 6.45) is -2.15. The summed E-state index contributed by atoms with van der Waals surface area (Å²) in [6.45, 7) is 1.90. The molecule has 19 heavy (non-hydrogen) atoms. The Balaban J connectivity index is 2.20. The molecule has 2 rings (SSSR count). The lowest BCUT2D eigenvalue weighted by molar-refractivity contribution is -0.137. The molecule has 2 nitrogen and oxygen atoms in total. The Morgan fingerprint density at radius 2 is 2.00 bits per heavy atom. The van der Waals surface area contributed by atoms with E-state index < -0.39 is 17.3 Å². The molecule has 3 unspecified atom stereocenters. The van der Waals surface area contributed by atoms with E-state index in [-0.39, 0.29) is 12.0 Å². The van der Waals surface area contributed by atoms with Gasteiger partial charge in [0.15, 0.2) is 0 Å². The zero-order valence-corrected chi connectivity index (χ0v) is 10.9. The molecule has 3 atom stereocenters. The molecule has 0 bridgehead atoms. The molecule has 0 radical (unpaired) electrons. The predicted molar refractivity (Wildman–Crippen MR) is 68.6 cm³/mol. The van der Waals surface area contributed by atoms with Crippen molar-refractivity contribution in [3.63, 3.8) is 0 Å². The van der Waals surface area contributed by atoms with Crippen molar-refractivity contribution < 1.29 is 13.2 Å². The summed E-state index contributed by atoms with van der Waals surface area (Å²) in [7, 11) is 0. The van der Waals surface area contributed by atoms with Crippen LogP contribution in [0.3, 0.4) is 0 Å². The summed E-state index contributed by atoms with van der Waals surface area (Å²) >= 11 is 0. The maximum absolute atomic E-state index is 12.7.